The normalized spacial score (nSPS) is 17.2. The number of urea groups is 1. The van der Waals surface area contributed by atoms with Gasteiger partial charge < -0.3 is 14.8 Å². The standard InChI is InChI=1S/C21H24N2O3/c1-25-18-10-9-16(14-19(18)26-2)21(11-12-21)22-20(24)23-13-5-7-15-6-3-4-8-17(15)23/h3-4,6,8-10,14H,5,7,11-13H2,1-2H3,(H,22,24). The lowest BCUT2D eigenvalue weighted by molar-refractivity contribution is 0.241. The summed E-state index contributed by atoms with van der Waals surface area (Å²) >= 11 is 0. The summed E-state index contributed by atoms with van der Waals surface area (Å²) in [6.07, 6.45) is 3.89. The molecule has 136 valence electrons. The largest absolute Gasteiger partial charge is 0.493 e. The zero-order chi connectivity index (χ0) is 18.1. The number of amides is 2. The van der Waals surface area contributed by atoms with Gasteiger partial charge in [0.2, 0.25) is 0 Å². The number of hydrogen-bond acceptors (Lipinski definition) is 3. The molecule has 2 aromatic carbocycles. The third-order valence-electron chi connectivity index (χ3n) is 5.39. The van der Waals surface area contributed by atoms with Gasteiger partial charge in [0, 0.05) is 12.2 Å². The second kappa shape index (κ2) is 6.56. The van der Waals surface area contributed by atoms with Crippen LogP contribution in [0.1, 0.15) is 30.4 Å². The number of anilines is 1. The Kier molecular flexibility index (Phi) is 4.23. The van der Waals surface area contributed by atoms with Crippen molar-refractivity contribution in [3.05, 3.63) is 53.6 Å². The van der Waals surface area contributed by atoms with Crippen molar-refractivity contribution in [2.75, 3.05) is 25.7 Å². The van der Waals surface area contributed by atoms with Crippen LogP contribution >= 0.6 is 0 Å². The molecule has 1 saturated carbocycles. The number of rotatable bonds is 4. The highest BCUT2D eigenvalue weighted by atomic mass is 16.5. The van der Waals surface area contributed by atoms with E-state index in [0.29, 0.717) is 11.5 Å². The Morgan fingerprint density at radius 3 is 2.58 bits per heavy atom. The average Bonchev–Trinajstić information content (AvgIpc) is 3.47. The van der Waals surface area contributed by atoms with Crippen molar-refractivity contribution in [2.24, 2.45) is 0 Å². The maximum Gasteiger partial charge on any atom is 0.322 e. The van der Waals surface area contributed by atoms with Crippen LogP contribution in [-0.2, 0) is 12.0 Å². The minimum atomic E-state index is -0.303. The number of fused-ring (bicyclic) bond motifs is 1. The topological polar surface area (TPSA) is 50.8 Å². The van der Waals surface area contributed by atoms with Gasteiger partial charge in [-0.2, -0.15) is 0 Å². The number of aryl methyl sites for hydroxylation is 1. The summed E-state index contributed by atoms with van der Waals surface area (Å²) in [6.45, 7) is 0.755. The summed E-state index contributed by atoms with van der Waals surface area (Å²) in [5.41, 5.74) is 3.03. The van der Waals surface area contributed by atoms with Gasteiger partial charge in [0.15, 0.2) is 11.5 Å². The van der Waals surface area contributed by atoms with Crippen molar-refractivity contribution in [3.8, 4) is 11.5 Å². The van der Waals surface area contributed by atoms with Crippen molar-refractivity contribution in [1.29, 1.82) is 0 Å². The van der Waals surface area contributed by atoms with Crippen molar-refractivity contribution >= 4 is 11.7 Å². The van der Waals surface area contributed by atoms with E-state index in [2.05, 4.69) is 11.4 Å². The molecule has 5 nitrogen and oxygen atoms in total. The maximum atomic E-state index is 13.0. The highest BCUT2D eigenvalue weighted by molar-refractivity contribution is 5.94. The first-order valence-corrected chi connectivity index (χ1v) is 9.07. The smallest absolute Gasteiger partial charge is 0.322 e. The number of methoxy groups -OCH3 is 2. The zero-order valence-corrected chi connectivity index (χ0v) is 15.2. The Morgan fingerprint density at radius 1 is 1.08 bits per heavy atom. The third-order valence-corrected chi connectivity index (χ3v) is 5.39. The van der Waals surface area contributed by atoms with Gasteiger partial charge in [0.1, 0.15) is 0 Å². The molecule has 1 heterocycles. The predicted molar refractivity (Wildman–Crippen MR) is 101 cm³/mol. The van der Waals surface area contributed by atoms with Crippen LogP contribution in [0.25, 0.3) is 0 Å². The third kappa shape index (κ3) is 2.87. The number of carbonyl (C=O) groups excluding carboxylic acids is 1. The molecule has 2 amide bonds. The lowest BCUT2D eigenvalue weighted by Gasteiger charge is -2.31. The van der Waals surface area contributed by atoms with Gasteiger partial charge in [0.25, 0.3) is 0 Å². The first kappa shape index (κ1) is 16.8. The van der Waals surface area contributed by atoms with E-state index in [1.165, 1.54) is 5.56 Å². The molecule has 5 heteroatoms. The molecule has 0 radical (unpaired) electrons. The molecule has 0 spiro atoms. The monoisotopic (exact) mass is 352 g/mol. The van der Waals surface area contributed by atoms with Gasteiger partial charge in [-0.05, 0) is 55.0 Å². The first-order chi connectivity index (χ1) is 12.7. The van der Waals surface area contributed by atoms with Gasteiger partial charge in [-0.3, -0.25) is 4.90 Å². The summed E-state index contributed by atoms with van der Waals surface area (Å²) in [5, 5.41) is 3.27. The molecule has 2 aliphatic rings. The summed E-state index contributed by atoms with van der Waals surface area (Å²) < 4.78 is 10.7. The van der Waals surface area contributed by atoms with Gasteiger partial charge in [-0.1, -0.05) is 24.3 Å². The molecule has 4 rings (SSSR count). The Bertz CT molecular complexity index is 830. The molecule has 1 aliphatic heterocycles. The highest BCUT2D eigenvalue weighted by Crippen LogP contribution is 2.47. The van der Waals surface area contributed by atoms with Gasteiger partial charge >= 0.3 is 6.03 Å². The lowest BCUT2D eigenvalue weighted by atomic mass is 10.0. The highest BCUT2D eigenvalue weighted by Gasteiger charge is 2.47. The van der Waals surface area contributed by atoms with E-state index in [-0.39, 0.29) is 11.6 Å². The quantitative estimate of drug-likeness (QED) is 0.909. The van der Waals surface area contributed by atoms with Crippen molar-refractivity contribution < 1.29 is 14.3 Å². The number of benzene rings is 2. The fraction of sp³-hybridized carbons (Fsp3) is 0.381. The molecule has 1 aliphatic carbocycles. The van der Waals surface area contributed by atoms with Gasteiger partial charge in [0.05, 0.1) is 19.8 Å². The van der Waals surface area contributed by atoms with Gasteiger partial charge in [-0.25, -0.2) is 4.79 Å². The minimum Gasteiger partial charge on any atom is -0.493 e. The number of carbonyl (C=O) groups is 1. The number of nitrogens with one attached hydrogen (secondary N) is 1. The van der Waals surface area contributed by atoms with Crippen LogP contribution in [0, 0.1) is 0 Å². The predicted octanol–water partition coefficient (Wildman–Crippen LogP) is 3.86. The molecule has 2 aromatic rings. The molecule has 1 N–H and O–H groups in total. The first-order valence-electron chi connectivity index (χ1n) is 9.07. The minimum absolute atomic E-state index is 0.0237. The van der Waals surface area contributed by atoms with Crippen LogP contribution in [0.4, 0.5) is 10.5 Å². The number of hydrogen-bond donors (Lipinski definition) is 1. The van der Waals surface area contributed by atoms with E-state index < -0.39 is 0 Å². The number of nitrogens with zero attached hydrogens (tertiary/aromatic N) is 1. The van der Waals surface area contributed by atoms with E-state index in [0.717, 1.165) is 43.5 Å². The summed E-state index contributed by atoms with van der Waals surface area (Å²) in [5.74, 6) is 1.39. The maximum absolute atomic E-state index is 13.0. The van der Waals surface area contributed by atoms with Crippen LogP contribution in [-0.4, -0.2) is 26.8 Å². The molecule has 1 fully saturated rings. The zero-order valence-electron chi connectivity index (χ0n) is 15.2. The molecule has 26 heavy (non-hydrogen) atoms. The lowest BCUT2D eigenvalue weighted by Crippen LogP contribution is -2.47. The summed E-state index contributed by atoms with van der Waals surface area (Å²) in [6, 6.07) is 14.0. The number of para-hydroxylation sites is 1. The Balaban J connectivity index is 1.57. The molecule has 0 aromatic heterocycles. The van der Waals surface area contributed by atoms with Gasteiger partial charge in [-0.15, -0.1) is 0 Å². The molecule has 0 bridgehead atoms. The molecular weight excluding hydrogens is 328 g/mol. The van der Waals surface area contributed by atoms with E-state index in [4.69, 9.17) is 9.47 Å². The van der Waals surface area contributed by atoms with Crippen LogP contribution in [0.3, 0.4) is 0 Å². The summed E-state index contributed by atoms with van der Waals surface area (Å²) in [4.78, 5) is 14.9. The molecule has 0 saturated heterocycles. The fourth-order valence-electron chi connectivity index (χ4n) is 3.76. The van der Waals surface area contributed by atoms with Crippen LogP contribution in [0.15, 0.2) is 42.5 Å². The molecule has 0 atom stereocenters. The van der Waals surface area contributed by atoms with E-state index in [1.54, 1.807) is 14.2 Å². The van der Waals surface area contributed by atoms with Crippen LogP contribution < -0.4 is 19.7 Å². The molecule has 0 unspecified atom stereocenters. The van der Waals surface area contributed by atoms with E-state index in [1.807, 2.05) is 41.3 Å². The number of ether oxygens (including phenoxy) is 2. The molecular formula is C21H24N2O3. The van der Waals surface area contributed by atoms with Crippen LogP contribution in [0.5, 0.6) is 11.5 Å². The van der Waals surface area contributed by atoms with E-state index >= 15 is 0 Å². The second-order valence-electron chi connectivity index (χ2n) is 6.97. The Labute approximate surface area is 153 Å². The second-order valence-corrected chi connectivity index (χ2v) is 6.97. The van der Waals surface area contributed by atoms with Crippen molar-refractivity contribution in [1.82, 2.24) is 5.32 Å². The van der Waals surface area contributed by atoms with Crippen molar-refractivity contribution in [3.63, 3.8) is 0 Å². The summed E-state index contributed by atoms with van der Waals surface area (Å²) in [7, 11) is 3.25. The van der Waals surface area contributed by atoms with Crippen molar-refractivity contribution in [2.45, 2.75) is 31.2 Å². The SMILES string of the molecule is COc1ccc(C2(NC(=O)N3CCCc4ccccc43)CC2)cc1OC. The Morgan fingerprint density at radius 2 is 1.85 bits per heavy atom. The fourth-order valence-corrected chi connectivity index (χ4v) is 3.76. The average molecular weight is 352 g/mol. The Hall–Kier alpha value is -2.69. The van der Waals surface area contributed by atoms with Crippen LogP contribution in [0.2, 0.25) is 0 Å². The van der Waals surface area contributed by atoms with E-state index in [9.17, 15) is 4.79 Å².